The Kier molecular flexibility index (Phi) is 6.40. The van der Waals surface area contributed by atoms with Crippen molar-refractivity contribution in [2.24, 2.45) is 0 Å². The lowest BCUT2D eigenvalue weighted by Crippen LogP contribution is -2.24. The van der Waals surface area contributed by atoms with Gasteiger partial charge in [-0.15, -0.1) is 0 Å². The summed E-state index contributed by atoms with van der Waals surface area (Å²) in [5.41, 5.74) is 3.19. The van der Waals surface area contributed by atoms with Crippen molar-refractivity contribution in [2.75, 3.05) is 0 Å². The fourth-order valence-electron chi connectivity index (χ4n) is 3.41. The number of nitrogens with zero attached hydrogens (tertiary/aromatic N) is 2. The van der Waals surface area contributed by atoms with E-state index in [2.05, 4.69) is 0 Å². The molecule has 5 heteroatoms. The number of carbonyl (C=O) groups is 1. The quantitative estimate of drug-likeness (QED) is 0.424. The van der Waals surface area contributed by atoms with E-state index in [0.717, 1.165) is 23.2 Å². The number of carbonyl (C=O) groups excluding carboxylic acids is 1. The molecule has 0 saturated heterocycles. The molecule has 0 unspecified atom stereocenters. The second-order valence-electron chi connectivity index (χ2n) is 8.82. The highest BCUT2D eigenvalue weighted by molar-refractivity contribution is 5.78. The Bertz CT molecular complexity index is 1110. The molecule has 1 aromatic heterocycles. The van der Waals surface area contributed by atoms with Gasteiger partial charge in [-0.25, -0.2) is 4.98 Å². The fraction of sp³-hybridized carbons (Fsp3) is 0.400. The number of rotatable bonds is 6. The highest BCUT2D eigenvalue weighted by atomic mass is 16.6. The Labute approximate surface area is 177 Å². The van der Waals surface area contributed by atoms with Crippen LogP contribution in [-0.2, 0) is 16.0 Å². The molecular weight excluding hydrogens is 376 g/mol. The van der Waals surface area contributed by atoms with Crippen molar-refractivity contribution in [3.63, 3.8) is 0 Å². The van der Waals surface area contributed by atoms with Crippen molar-refractivity contribution in [3.8, 4) is 5.69 Å². The van der Waals surface area contributed by atoms with E-state index in [9.17, 15) is 9.59 Å². The average Bonchev–Trinajstić information content (AvgIpc) is 2.65. The zero-order valence-electron chi connectivity index (χ0n) is 18.5. The molecule has 0 radical (unpaired) electrons. The van der Waals surface area contributed by atoms with Gasteiger partial charge >= 0.3 is 5.97 Å². The van der Waals surface area contributed by atoms with Crippen LogP contribution >= 0.6 is 0 Å². The van der Waals surface area contributed by atoms with Crippen LogP contribution in [0.1, 0.15) is 57.0 Å². The number of fused-ring (bicyclic) bond motifs is 1. The molecule has 5 nitrogen and oxygen atoms in total. The van der Waals surface area contributed by atoms with Crippen LogP contribution in [0.15, 0.2) is 47.3 Å². The second kappa shape index (κ2) is 8.82. The lowest BCUT2D eigenvalue weighted by atomic mass is 10.1. The van der Waals surface area contributed by atoms with Gasteiger partial charge in [0.2, 0.25) is 0 Å². The fourth-order valence-corrected chi connectivity index (χ4v) is 3.41. The van der Waals surface area contributed by atoms with Gasteiger partial charge in [-0.05, 0) is 77.3 Å². The van der Waals surface area contributed by atoms with Crippen LogP contribution < -0.4 is 5.56 Å². The lowest BCUT2D eigenvalue weighted by Gasteiger charge is -2.19. The van der Waals surface area contributed by atoms with E-state index >= 15 is 0 Å². The summed E-state index contributed by atoms with van der Waals surface area (Å²) in [5, 5.41) is 0.610. The molecule has 1 heterocycles. The second-order valence-corrected chi connectivity index (χ2v) is 8.82. The SMILES string of the molecule is Cc1ccc(-n2c(CCCCC(=O)OC(C)(C)C)nc3cc(C)ccc3c2=O)cc1. The predicted molar refractivity (Wildman–Crippen MR) is 120 cm³/mol. The van der Waals surface area contributed by atoms with Crippen LogP contribution in [0.25, 0.3) is 16.6 Å². The van der Waals surface area contributed by atoms with Crippen LogP contribution in [0, 0.1) is 13.8 Å². The van der Waals surface area contributed by atoms with Gasteiger partial charge in [0, 0.05) is 12.8 Å². The summed E-state index contributed by atoms with van der Waals surface area (Å²) >= 11 is 0. The molecule has 0 aliphatic rings. The van der Waals surface area contributed by atoms with Crippen molar-refractivity contribution in [1.29, 1.82) is 0 Å². The summed E-state index contributed by atoms with van der Waals surface area (Å²) < 4.78 is 7.07. The van der Waals surface area contributed by atoms with Crippen LogP contribution in [-0.4, -0.2) is 21.1 Å². The minimum atomic E-state index is -0.471. The molecule has 0 fully saturated rings. The van der Waals surface area contributed by atoms with E-state index in [-0.39, 0.29) is 11.5 Å². The van der Waals surface area contributed by atoms with Gasteiger partial charge in [0.15, 0.2) is 0 Å². The highest BCUT2D eigenvalue weighted by Crippen LogP contribution is 2.17. The third-order valence-corrected chi connectivity index (χ3v) is 4.84. The number of ether oxygens (including phenoxy) is 1. The number of hydrogen-bond acceptors (Lipinski definition) is 4. The first-order valence-corrected chi connectivity index (χ1v) is 10.5. The summed E-state index contributed by atoms with van der Waals surface area (Å²) in [4.78, 5) is 30.1. The normalized spacial score (nSPS) is 11.6. The van der Waals surface area contributed by atoms with E-state index in [1.165, 1.54) is 0 Å². The summed E-state index contributed by atoms with van der Waals surface area (Å²) in [6.45, 7) is 9.61. The molecule has 158 valence electrons. The van der Waals surface area contributed by atoms with Crippen molar-refractivity contribution < 1.29 is 9.53 Å². The smallest absolute Gasteiger partial charge is 0.306 e. The van der Waals surface area contributed by atoms with Crippen molar-refractivity contribution in [3.05, 3.63) is 69.8 Å². The van der Waals surface area contributed by atoms with Crippen molar-refractivity contribution in [1.82, 2.24) is 9.55 Å². The van der Waals surface area contributed by atoms with Gasteiger partial charge in [0.05, 0.1) is 16.6 Å². The van der Waals surface area contributed by atoms with E-state index in [1.807, 2.05) is 77.1 Å². The van der Waals surface area contributed by atoms with Crippen LogP contribution in [0.3, 0.4) is 0 Å². The standard InChI is InChI=1S/C25H30N2O3/c1-17-10-13-19(14-11-17)27-22(8-6-7-9-23(28)30-25(3,4)5)26-21-16-18(2)12-15-20(21)24(27)29/h10-16H,6-9H2,1-5H3. The van der Waals surface area contributed by atoms with Crippen LogP contribution in [0.4, 0.5) is 0 Å². The monoisotopic (exact) mass is 406 g/mol. The molecule has 0 aliphatic heterocycles. The number of esters is 1. The zero-order valence-corrected chi connectivity index (χ0v) is 18.5. The maximum atomic E-state index is 13.3. The Morgan fingerprint density at radius 2 is 1.67 bits per heavy atom. The Hall–Kier alpha value is -2.95. The molecule has 0 N–H and O–H groups in total. The molecule has 0 bridgehead atoms. The first-order chi connectivity index (χ1) is 14.1. The van der Waals surface area contributed by atoms with E-state index in [1.54, 1.807) is 4.57 Å². The molecule has 0 saturated carbocycles. The van der Waals surface area contributed by atoms with E-state index < -0.39 is 5.60 Å². The number of aryl methyl sites for hydroxylation is 3. The molecule has 0 amide bonds. The number of aromatic nitrogens is 2. The van der Waals surface area contributed by atoms with Gasteiger partial charge in [0.25, 0.3) is 5.56 Å². The maximum absolute atomic E-state index is 13.3. The Balaban J connectivity index is 1.88. The first-order valence-electron chi connectivity index (χ1n) is 10.5. The molecular formula is C25H30N2O3. The lowest BCUT2D eigenvalue weighted by molar-refractivity contribution is -0.154. The van der Waals surface area contributed by atoms with E-state index in [0.29, 0.717) is 36.0 Å². The first kappa shape index (κ1) is 21.8. The third-order valence-electron chi connectivity index (χ3n) is 4.84. The van der Waals surface area contributed by atoms with Crippen LogP contribution in [0.5, 0.6) is 0 Å². The molecule has 3 rings (SSSR count). The molecule has 2 aromatic carbocycles. The summed E-state index contributed by atoms with van der Waals surface area (Å²) in [5.74, 6) is 0.520. The summed E-state index contributed by atoms with van der Waals surface area (Å²) in [7, 11) is 0. The number of benzene rings is 2. The topological polar surface area (TPSA) is 61.2 Å². The minimum absolute atomic E-state index is 0.0639. The predicted octanol–water partition coefficient (Wildman–Crippen LogP) is 5.06. The highest BCUT2D eigenvalue weighted by Gasteiger charge is 2.16. The maximum Gasteiger partial charge on any atom is 0.306 e. The summed E-state index contributed by atoms with van der Waals surface area (Å²) in [6, 6.07) is 13.6. The van der Waals surface area contributed by atoms with Gasteiger partial charge < -0.3 is 4.74 Å². The Morgan fingerprint density at radius 3 is 2.33 bits per heavy atom. The van der Waals surface area contributed by atoms with E-state index in [4.69, 9.17) is 9.72 Å². The van der Waals surface area contributed by atoms with Gasteiger partial charge in [-0.2, -0.15) is 0 Å². The largest absolute Gasteiger partial charge is 0.460 e. The summed E-state index contributed by atoms with van der Waals surface area (Å²) in [6.07, 6.45) is 2.40. The van der Waals surface area contributed by atoms with Crippen LogP contribution in [0.2, 0.25) is 0 Å². The van der Waals surface area contributed by atoms with Gasteiger partial charge in [-0.1, -0.05) is 23.8 Å². The molecule has 3 aromatic rings. The van der Waals surface area contributed by atoms with Crippen molar-refractivity contribution in [2.45, 2.75) is 65.9 Å². The minimum Gasteiger partial charge on any atom is -0.460 e. The number of hydrogen-bond donors (Lipinski definition) is 0. The molecule has 30 heavy (non-hydrogen) atoms. The molecule has 0 aliphatic carbocycles. The Morgan fingerprint density at radius 1 is 1.00 bits per heavy atom. The molecule has 0 spiro atoms. The average molecular weight is 407 g/mol. The zero-order chi connectivity index (χ0) is 21.9. The van der Waals surface area contributed by atoms with Crippen molar-refractivity contribution >= 4 is 16.9 Å². The number of unbranched alkanes of at least 4 members (excludes halogenated alkanes) is 1. The molecule has 0 atom stereocenters. The van der Waals surface area contributed by atoms with Gasteiger partial charge in [-0.3, -0.25) is 14.2 Å². The third kappa shape index (κ3) is 5.35. The van der Waals surface area contributed by atoms with Gasteiger partial charge in [0.1, 0.15) is 11.4 Å².